The molecule has 1 atom stereocenters. The quantitative estimate of drug-likeness (QED) is 0.794. The number of carbonyl (C=O) groups is 2. The Morgan fingerprint density at radius 3 is 2.67 bits per heavy atom. The summed E-state index contributed by atoms with van der Waals surface area (Å²) in [5.41, 5.74) is -0.498. The van der Waals surface area contributed by atoms with Crippen LogP contribution in [-0.4, -0.2) is 54.8 Å². The SMILES string of the molecule is CC(=O)NCC1CN(C(=O)OC(C)(C)C)CCO1. The number of nitrogens with zero attached hydrogens (tertiary/aromatic N) is 1. The van der Waals surface area contributed by atoms with Crippen molar-refractivity contribution in [1.29, 1.82) is 0 Å². The molecule has 1 heterocycles. The van der Waals surface area contributed by atoms with Crippen molar-refractivity contribution in [2.24, 2.45) is 0 Å². The van der Waals surface area contributed by atoms with E-state index < -0.39 is 5.60 Å². The van der Waals surface area contributed by atoms with Crippen LogP contribution in [0.25, 0.3) is 0 Å². The number of amides is 2. The van der Waals surface area contributed by atoms with E-state index in [1.807, 2.05) is 20.8 Å². The van der Waals surface area contributed by atoms with Gasteiger partial charge in [0.15, 0.2) is 0 Å². The van der Waals surface area contributed by atoms with E-state index in [-0.39, 0.29) is 18.1 Å². The Morgan fingerprint density at radius 2 is 2.11 bits per heavy atom. The first-order valence-electron chi connectivity index (χ1n) is 6.12. The fourth-order valence-corrected chi connectivity index (χ4v) is 1.59. The van der Waals surface area contributed by atoms with Crippen LogP contribution in [0, 0.1) is 0 Å². The molecule has 0 aromatic rings. The zero-order chi connectivity index (χ0) is 13.8. The average molecular weight is 258 g/mol. The van der Waals surface area contributed by atoms with Crippen molar-refractivity contribution in [2.75, 3.05) is 26.2 Å². The first-order valence-corrected chi connectivity index (χ1v) is 6.12. The van der Waals surface area contributed by atoms with Crippen molar-refractivity contribution in [2.45, 2.75) is 39.4 Å². The predicted octanol–water partition coefficient (Wildman–Crippen LogP) is 0.758. The topological polar surface area (TPSA) is 67.9 Å². The van der Waals surface area contributed by atoms with Crippen LogP contribution in [0.4, 0.5) is 4.79 Å². The van der Waals surface area contributed by atoms with E-state index in [1.54, 1.807) is 4.90 Å². The lowest BCUT2D eigenvalue weighted by Crippen LogP contribution is -2.50. The van der Waals surface area contributed by atoms with Gasteiger partial charge in [0, 0.05) is 20.0 Å². The van der Waals surface area contributed by atoms with E-state index in [0.717, 1.165) is 0 Å². The van der Waals surface area contributed by atoms with Gasteiger partial charge in [-0.25, -0.2) is 4.79 Å². The third kappa shape index (κ3) is 5.35. The Hall–Kier alpha value is -1.30. The van der Waals surface area contributed by atoms with Crippen molar-refractivity contribution >= 4 is 12.0 Å². The van der Waals surface area contributed by atoms with E-state index in [4.69, 9.17) is 9.47 Å². The Bertz CT molecular complexity index is 312. The molecule has 0 aliphatic carbocycles. The number of nitrogens with one attached hydrogen (secondary N) is 1. The van der Waals surface area contributed by atoms with Crippen molar-refractivity contribution in [3.05, 3.63) is 0 Å². The third-order valence-electron chi connectivity index (χ3n) is 2.37. The summed E-state index contributed by atoms with van der Waals surface area (Å²) in [4.78, 5) is 24.3. The largest absolute Gasteiger partial charge is 0.444 e. The van der Waals surface area contributed by atoms with Gasteiger partial charge in [-0.3, -0.25) is 4.79 Å². The summed E-state index contributed by atoms with van der Waals surface area (Å²) in [5.74, 6) is -0.104. The molecule has 1 fully saturated rings. The number of rotatable bonds is 2. The lowest BCUT2D eigenvalue weighted by molar-refractivity contribution is -0.120. The number of carbonyl (C=O) groups excluding carboxylic acids is 2. The summed E-state index contributed by atoms with van der Waals surface area (Å²) in [5, 5.41) is 2.68. The van der Waals surface area contributed by atoms with Crippen molar-refractivity contribution < 1.29 is 19.1 Å². The first-order chi connectivity index (χ1) is 8.28. The van der Waals surface area contributed by atoms with Crippen molar-refractivity contribution in [3.8, 4) is 0 Å². The number of ether oxygens (including phenoxy) is 2. The highest BCUT2D eigenvalue weighted by molar-refractivity contribution is 5.72. The van der Waals surface area contributed by atoms with Crippen LogP contribution in [0.3, 0.4) is 0 Å². The normalized spacial score (nSPS) is 20.4. The minimum atomic E-state index is -0.498. The maximum absolute atomic E-state index is 11.9. The van der Waals surface area contributed by atoms with Crippen LogP contribution in [-0.2, 0) is 14.3 Å². The van der Waals surface area contributed by atoms with Crippen LogP contribution in [0.1, 0.15) is 27.7 Å². The molecule has 1 N–H and O–H groups in total. The molecule has 0 aromatic carbocycles. The number of hydrogen-bond donors (Lipinski definition) is 1. The molecular formula is C12H22N2O4. The van der Waals surface area contributed by atoms with Gasteiger partial charge in [-0.15, -0.1) is 0 Å². The first kappa shape index (κ1) is 14.8. The Balaban J connectivity index is 2.43. The van der Waals surface area contributed by atoms with E-state index in [2.05, 4.69) is 5.32 Å². The Morgan fingerprint density at radius 1 is 1.44 bits per heavy atom. The van der Waals surface area contributed by atoms with E-state index in [0.29, 0.717) is 26.2 Å². The second-order valence-corrected chi connectivity index (χ2v) is 5.36. The minimum Gasteiger partial charge on any atom is -0.444 e. The van der Waals surface area contributed by atoms with Gasteiger partial charge in [0.1, 0.15) is 5.60 Å². The minimum absolute atomic E-state index is 0.104. The maximum Gasteiger partial charge on any atom is 0.410 e. The smallest absolute Gasteiger partial charge is 0.410 e. The molecule has 1 aliphatic heterocycles. The molecule has 6 nitrogen and oxygen atoms in total. The molecule has 0 bridgehead atoms. The van der Waals surface area contributed by atoms with Gasteiger partial charge >= 0.3 is 6.09 Å². The van der Waals surface area contributed by atoms with Gasteiger partial charge in [0.25, 0.3) is 0 Å². The molecule has 0 radical (unpaired) electrons. The van der Waals surface area contributed by atoms with Gasteiger partial charge in [0.05, 0.1) is 19.3 Å². The van der Waals surface area contributed by atoms with Crippen LogP contribution >= 0.6 is 0 Å². The Labute approximate surface area is 108 Å². The molecule has 0 spiro atoms. The summed E-state index contributed by atoms with van der Waals surface area (Å²) in [7, 11) is 0. The third-order valence-corrected chi connectivity index (χ3v) is 2.37. The van der Waals surface area contributed by atoms with Gasteiger partial charge in [0.2, 0.25) is 5.91 Å². The molecule has 0 saturated carbocycles. The van der Waals surface area contributed by atoms with Crippen LogP contribution < -0.4 is 5.32 Å². The summed E-state index contributed by atoms with van der Waals surface area (Å²) in [6, 6.07) is 0. The summed E-state index contributed by atoms with van der Waals surface area (Å²) < 4.78 is 10.8. The van der Waals surface area contributed by atoms with Gasteiger partial charge in [-0.05, 0) is 20.8 Å². The van der Waals surface area contributed by atoms with E-state index >= 15 is 0 Å². The lowest BCUT2D eigenvalue weighted by atomic mass is 10.2. The molecule has 1 saturated heterocycles. The van der Waals surface area contributed by atoms with Crippen molar-refractivity contribution in [1.82, 2.24) is 10.2 Å². The molecule has 1 aliphatic rings. The molecule has 104 valence electrons. The maximum atomic E-state index is 11.9. The number of morpholine rings is 1. The Kier molecular flexibility index (Phi) is 4.95. The molecular weight excluding hydrogens is 236 g/mol. The standard InChI is InChI=1S/C12H22N2O4/c1-9(15)13-7-10-8-14(5-6-17-10)11(16)18-12(2,3)4/h10H,5-8H2,1-4H3,(H,13,15). The highest BCUT2D eigenvalue weighted by Gasteiger charge is 2.27. The van der Waals surface area contributed by atoms with Gasteiger partial charge < -0.3 is 19.7 Å². The van der Waals surface area contributed by atoms with E-state index in [9.17, 15) is 9.59 Å². The summed E-state index contributed by atoms with van der Waals surface area (Å²) in [6.45, 7) is 8.79. The average Bonchev–Trinajstić information content (AvgIpc) is 2.24. The second kappa shape index (κ2) is 6.04. The number of hydrogen-bond acceptors (Lipinski definition) is 4. The highest BCUT2D eigenvalue weighted by atomic mass is 16.6. The molecule has 1 rings (SSSR count). The monoisotopic (exact) mass is 258 g/mol. The van der Waals surface area contributed by atoms with Gasteiger partial charge in [-0.1, -0.05) is 0 Å². The zero-order valence-electron chi connectivity index (χ0n) is 11.5. The van der Waals surface area contributed by atoms with Crippen LogP contribution in [0.2, 0.25) is 0 Å². The van der Waals surface area contributed by atoms with E-state index in [1.165, 1.54) is 6.92 Å². The molecule has 6 heteroatoms. The van der Waals surface area contributed by atoms with Crippen molar-refractivity contribution in [3.63, 3.8) is 0 Å². The fourth-order valence-electron chi connectivity index (χ4n) is 1.59. The van der Waals surface area contributed by atoms with Crippen LogP contribution in [0.5, 0.6) is 0 Å². The van der Waals surface area contributed by atoms with Crippen LogP contribution in [0.15, 0.2) is 0 Å². The molecule has 2 amide bonds. The second-order valence-electron chi connectivity index (χ2n) is 5.36. The summed E-state index contributed by atoms with van der Waals surface area (Å²) >= 11 is 0. The molecule has 0 aromatic heterocycles. The molecule has 18 heavy (non-hydrogen) atoms. The summed E-state index contributed by atoms with van der Waals surface area (Å²) in [6.07, 6.45) is -0.506. The zero-order valence-corrected chi connectivity index (χ0v) is 11.5. The lowest BCUT2D eigenvalue weighted by Gasteiger charge is -2.34. The predicted molar refractivity (Wildman–Crippen MR) is 66.2 cm³/mol. The van der Waals surface area contributed by atoms with Gasteiger partial charge in [-0.2, -0.15) is 0 Å². The molecule has 1 unspecified atom stereocenters. The fraction of sp³-hybridized carbons (Fsp3) is 0.833. The highest BCUT2D eigenvalue weighted by Crippen LogP contribution is 2.12.